The Hall–Kier alpha value is -1.63. The van der Waals surface area contributed by atoms with E-state index in [-0.39, 0.29) is 29.4 Å². The molecule has 2 N–H and O–H groups in total. The molecule has 0 aliphatic carbocycles. The molecular formula is C19H27IN4. The van der Waals surface area contributed by atoms with Gasteiger partial charge in [0.2, 0.25) is 0 Å². The van der Waals surface area contributed by atoms with Crippen LogP contribution in [0.25, 0.3) is 0 Å². The Bertz CT molecular complexity index is 653. The number of halogens is 1. The Balaban J connectivity index is 0.00000288. The molecule has 0 aliphatic rings. The highest BCUT2D eigenvalue weighted by Crippen LogP contribution is 2.21. The molecular weight excluding hydrogens is 411 g/mol. The fourth-order valence-electron chi connectivity index (χ4n) is 2.39. The zero-order valence-electron chi connectivity index (χ0n) is 14.8. The maximum Gasteiger partial charge on any atom is 0.191 e. The average molecular weight is 438 g/mol. The molecule has 0 spiro atoms. The van der Waals surface area contributed by atoms with E-state index in [1.807, 2.05) is 31.2 Å². The summed E-state index contributed by atoms with van der Waals surface area (Å²) >= 11 is 0. The van der Waals surface area contributed by atoms with Gasteiger partial charge in [-0.3, -0.25) is 9.98 Å². The summed E-state index contributed by atoms with van der Waals surface area (Å²) in [6, 6.07) is 16.6. The Morgan fingerprint density at radius 2 is 1.75 bits per heavy atom. The minimum absolute atomic E-state index is 0. The summed E-state index contributed by atoms with van der Waals surface area (Å²) in [6.07, 6.45) is 0. The minimum atomic E-state index is 0. The molecule has 0 saturated heterocycles. The molecule has 0 saturated carbocycles. The molecule has 0 aliphatic heterocycles. The second kappa shape index (κ2) is 9.61. The van der Waals surface area contributed by atoms with Gasteiger partial charge in [0.15, 0.2) is 5.96 Å². The Morgan fingerprint density at radius 1 is 1.04 bits per heavy atom. The summed E-state index contributed by atoms with van der Waals surface area (Å²) in [7, 11) is 1.79. The monoisotopic (exact) mass is 438 g/mol. The van der Waals surface area contributed by atoms with Gasteiger partial charge in [0, 0.05) is 24.7 Å². The van der Waals surface area contributed by atoms with Gasteiger partial charge in [0.05, 0.1) is 12.2 Å². The first kappa shape index (κ1) is 20.4. The van der Waals surface area contributed by atoms with E-state index < -0.39 is 0 Å². The van der Waals surface area contributed by atoms with Crippen molar-refractivity contribution in [2.75, 3.05) is 13.6 Å². The van der Waals surface area contributed by atoms with E-state index in [4.69, 9.17) is 0 Å². The fraction of sp³-hybridized carbons (Fsp3) is 0.368. The third-order valence-corrected chi connectivity index (χ3v) is 3.86. The van der Waals surface area contributed by atoms with Gasteiger partial charge < -0.3 is 10.6 Å². The van der Waals surface area contributed by atoms with Gasteiger partial charge in [-0.05, 0) is 24.6 Å². The minimum Gasteiger partial charge on any atom is -0.356 e. The summed E-state index contributed by atoms with van der Waals surface area (Å²) in [4.78, 5) is 8.78. The van der Waals surface area contributed by atoms with Crippen LogP contribution in [-0.4, -0.2) is 24.5 Å². The van der Waals surface area contributed by atoms with Crippen molar-refractivity contribution in [3.8, 4) is 0 Å². The van der Waals surface area contributed by atoms with Crippen LogP contribution in [0.15, 0.2) is 53.5 Å². The second-order valence-corrected chi connectivity index (χ2v) is 6.30. The zero-order valence-corrected chi connectivity index (χ0v) is 17.2. The van der Waals surface area contributed by atoms with Crippen molar-refractivity contribution in [1.29, 1.82) is 0 Å². The predicted molar refractivity (Wildman–Crippen MR) is 112 cm³/mol. The first-order valence-corrected chi connectivity index (χ1v) is 7.94. The van der Waals surface area contributed by atoms with E-state index >= 15 is 0 Å². The van der Waals surface area contributed by atoms with Crippen LogP contribution in [0.3, 0.4) is 0 Å². The Kier molecular flexibility index (Phi) is 8.18. The molecule has 0 amide bonds. The normalized spacial score (nSPS) is 11.6. The molecule has 0 fully saturated rings. The molecule has 5 heteroatoms. The number of rotatable bonds is 5. The molecule has 130 valence electrons. The molecule has 0 radical (unpaired) electrons. The van der Waals surface area contributed by atoms with Crippen LogP contribution in [0, 0.1) is 6.92 Å². The third kappa shape index (κ3) is 6.11. The molecule has 1 heterocycles. The molecule has 4 nitrogen and oxygen atoms in total. The van der Waals surface area contributed by atoms with Crippen molar-refractivity contribution in [3.05, 3.63) is 65.5 Å². The summed E-state index contributed by atoms with van der Waals surface area (Å²) in [6.45, 7) is 7.92. The first-order chi connectivity index (χ1) is 11.0. The predicted octanol–water partition coefficient (Wildman–Crippen LogP) is 3.65. The maximum atomic E-state index is 4.49. The molecule has 0 atom stereocenters. The van der Waals surface area contributed by atoms with Crippen LogP contribution in [0.4, 0.5) is 0 Å². The van der Waals surface area contributed by atoms with Crippen LogP contribution >= 0.6 is 24.0 Å². The van der Waals surface area contributed by atoms with Gasteiger partial charge in [-0.2, -0.15) is 0 Å². The number of hydrogen-bond donors (Lipinski definition) is 2. The smallest absolute Gasteiger partial charge is 0.191 e. The van der Waals surface area contributed by atoms with E-state index in [9.17, 15) is 0 Å². The van der Waals surface area contributed by atoms with E-state index in [1.165, 1.54) is 5.56 Å². The van der Waals surface area contributed by atoms with Crippen molar-refractivity contribution in [2.45, 2.75) is 32.7 Å². The summed E-state index contributed by atoms with van der Waals surface area (Å²) < 4.78 is 0. The lowest BCUT2D eigenvalue weighted by Crippen LogP contribution is -2.43. The summed E-state index contributed by atoms with van der Waals surface area (Å²) in [5, 5.41) is 6.72. The van der Waals surface area contributed by atoms with E-state index in [0.717, 1.165) is 23.9 Å². The molecule has 1 aromatic heterocycles. The number of aliphatic imine (C=N–C) groups is 1. The largest absolute Gasteiger partial charge is 0.356 e. The highest BCUT2D eigenvalue weighted by Gasteiger charge is 2.20. The van der Waals surface area contributed by atoms with Gasteiger partial charge in [0.25, 0.3) is 0 Å². The molecule has 0 bridgehead atoms. The highest BCUT2D eigenvalue weighted by atomic mass is 127. The maximum absolute atomic E-state index is 4.49. The molecule has 24 heavy (non-hydrogen) atoms. The number of guanidine groups is 1. The van der Waals surface area contributed by atoms with E-state index in [2.05, 4.69) is 58.7 Å². The molecule has 1 aromatic carbocycles. The topological polar surface area (TPSA) is 49.3 Å². The standard InChI is InChI=1S/C19H26N4.HI/c1-15-9-8-12-17(23-15)13-21-18(20-4)22-14-19(2,3)16-10-6-5-7-11-16;/h5-12H,13-14H2,1-4H3,(H2,20,21,22);1H. The first-order valence-electron chi connectivity index (χ1n) is 7.94. The van der Waals surface area contributed by atoms with Crippen molar-refractivity contribution in [3.63, 3.8) is 0 Å². The number of pyridine rings is 1. The molecule has 0 unspecified atom stereocenters. The van der Waals surface area contributed by atoms with Crippen molar-refractivity contribution < 1.29 is 0 Å². The summed E-state index contributed by atoms with van der Waals surface area (Å²) in [5.41, 5.74) is 3.37. The lowest BCUT2D eigenvalue weighted by atomic mass is 9.85. The number of nitrogens with one attached hydrogen (secondary N) is 2. The number of aromatic nitrogens is 1. The number of aryl methyl sites for hydroxylation is 1. The average Bonchev–Trinajstić information content (AvgIpc) is 2.56. The Morgan fingerprint density at radius 3 is 2.38 bits per heavy atom. The quantitative estimate of drug-likeness (QED) is 0.426. The number of nitrogens with zero attached hydrogens (tertiary/aromatic N) is 2. The van der Waals surface area contributed by atoms with Crippen LogP contribution in [0.5, 0.6) is 0 Å². The van der Waals surface area contributed by atoms with Gasteiger partial charge in [-0.25, -0.2) is 0 Å². The summed E-state index contributed by atoms with van der Waals surface area (Å²) in [5.74, 6) is 0.789. The molecule has 2 rings (SSSR count). The van der Waals surface area contributed by atoms with E-state index in [0.29, 0.717) is 6.54 Å². The van der Waals surface area contributed by atoms with Gasteiger partial charge in [0.1, 0.15) is 0 Å². The van der Waals surface area contributed by atoms with Crippen molar-refractivity contribution >= 4 is 29.9 Å². The van der Waals surface area contributed by atoms with Crippen molar-refractivity contribution in [1.82, 2.24) is 15.6 Å². The molecule has 2 aromatic rings. The highest BCUT2D eigenvalue weighted by molar-refractivity contribution is 14.0. The second-order valence-electron chi connectivity index (χ2n) is 6.30. The van der Waals surface area contributed by atoms with Crippen LogP contribution in [-0.2, 0) is 12.0 Å². The van der Waals surface area contributed by atoms with Gasteiger partial charge >= 0.3 is 0 Å². The van der Waals surface area contributed by atoms with Crippen LogP contribution in [0.1, 0.15) is 30.8 Å². The van der Waals surface area contributed by atoms with E-state index in [1.54, 1.807) is 7.05 Å². The Labute approximate surface area is 162 Å². The lowest BCUT2D eigenvalue weighted by molar-refractivity contribution is 0.508. The SMILES string of the molecule is CN=C(NCc1cccc(C)n1)NCC(C)(C)c1ccccc1.I. The van der Waals surface area contributed by atoms with Crippen LogP contribution < -0.4 is 10.6 Å². The zero-order chi connectivity index (χ0) is 16.7. The number of benzene rings is 1. The van der Waals surface area contributed by atoms with Crippen molar-refractivity contribution in [2.24, 2.45) is 4.99 Å². The fourth-order valence-corrected chi connectivity index (χ4v) is 2.39. The van der Waals surface area contributed by atoms with Gasteiger partial charge in [-0.1, -0.05) is 50.2 Å². The third-order valence-electron chi connectivity index (χ3n) is 3.86. The van der Waals surface area contributed by atoms with Crippen LogP contribution in [0.2, 0.25) is 0 Å². The number of hydrogen-bond acceptors (Lipinski definition) is 2. The van der Waals surface area contributed by atoms with Gasteiger partial charge in [-0.15, -0.1) is 24.0 Å². The lowest BCUT2D eigenvalue weighted by Gasteiger charge is -2.26.